The van der Waals surface area contributed by atoms with Crippen LogP contribution in [0.3, 0.4) is 0 Å². The summed E-state index contributed by atoms with van der Waals surface area (Å²) in [7, 11) is 0. The minimum Gasteiger partial charge on any atom is -0.436 e. The van der Waals surface area contributed by atoms with Gasteiger partial charge in [0.25, 0.3) is 0 Å². The zero-order chi connectivity index (χ0) is 15.2. The van der Waals surface area contributed by atoms with Gasteiger partial charge in [0, 0.05) is 30.7 Å². The zero-order valence-electron chi connectivity index (χ0n) is 11.6. The predicted molar refractivity (Wildman–Crippen MR) is 80.1 cm³/mol. The first kappa shape index (κ1) is 13.9. The summed E-state index contributed by atoms with van der Waals surface area (Å²) < 4.78 is 19.2. The minimum atomic E-state index is -0.430. The third-order valence-corrected chi connectivity index (χ3v) is 2.92. The van der Waals surface area contributed by atoms with E-state index in [1.54, 1.807) is 49.1 Å². The summed E-state index contributed by atoms with van der Waals surface area (Å²) in [5.74, 6) is 0.704. The third-order valence-electron chi connectivity index (χ3n) is 2.92. The second-order valence-electron chi connectivity index (χ2n) is 4.44. The van der Waals surface area contributed by atoms with Gasteiger partial charge in [-0.05, 0) is 18.2 Å². The lowest BCUT2D eigenvalue weighted by atomic mass is 10.2. The quantitative estimate of drug-likeness (QED) is 0.781. The van der Waals surface area contributed by atoms with Crippen molar-refractivity contribution in [3.05, 3.63) is 72.6 Å². The molecule has 0 saturated heterocycles. The Hall–Kier alpha value is -3.02. The van der Waals surface area contributed by atoms with Crippen LogP contribution < -0.4 is 10.1 Å². The minimum absolute atomic E-state index is 0.141. The van der Waals surface area contributed by atoms with Crippen LogP contribution in [0.2, 0.25) is 0 Å². The fraction of sp³-hybridized carbons (Fsp3) is 0.0625. The SMILES string of the molecule is Fc1ccccc1Oc1ncccc1CNc1cnccn1. The summed E-state index contributed by atoms with van der Waals surface area (Å²) in [5, 5.41) is 3.11. The summed E-state index contributed by atoms with van der Waals surface area (Å²) >= 11 is 0. The average Bonchev–Trinajstić information content (AvgIpc) is 2.57. The van der Waals surface area contributed by atoms with Gasteiger partial charge in [-0.1, -0.05) is 18.2 Å². The Morgan fingerprint density at radius 1 is 1.00 bits per heavy atom. The molecule has 0 spiro atoms. The van der Waals surface area contributed by atoms with Crippen molar-refractivity contribution in [1.29, 1.82) is 0 Å². The fourth-order valence-electron chi connectivity index (χ4n) is 1.86. The van der Waals surface area contributed by atoms with E-state index in [-0.39, 0.29) is 5.75 Å². The Labute approximate surface area is 126 Å². The topological polar surface area (TPSA) is 59.9 Å². The molecule has 0 unspecified atom stereocenters. The number of aromatic nitrogens is 3. The molecule has 0 fully saturated rings. The van der Waals surface area contributed by atoms with Crippen molar-refractivity contribution in [3.8, 4) is 11.6 Å². The highest BCUT2D eigenvalue weighted by Crippen LogP contribution is 2.25. The largest absolute Gasteiger partial charge is 0.436 e. The molecule has 1 N–H and O–H groups in total. The monoisotopic (exact) mass is 296 g/mol. The van der Waals surface area contributed by atoms with Crippen LogP contribution in [0.5, 0.6) is 11.6 Å². The van der Waals surface area contributed by atoms with Crippen LogP contribution in [0.15, 0.2) is 61.2 Å². The van der Waals surface area contributed by atoms with Crippen molar-refractivity contribution in [3.63, 3.8) is 0 Å². The Kier molecular flexibility index (Phi) is 4.20. The number of ether oxygens (including phenoxy) is 1. The van der Waals surface area contributed by atoms with Gasteiger partial charge < -0.3 is 10.1 Å². The summed E-state index contributed by atoms with van der Waals surface area (Å²) in [6.07, 6.45) is 6.42. The van der Waals surface area contributed by atoms with Crippen molar-refractivity contribution < 1.29 is 9.13 Å². The molecule has 0 aliphatic rings. The number of halogens is 1. The van der Waals surface area contributed by atoms with Crippen LogP contribution in [0.1, 0.15) is 5.56 Å². The Balaban J connectivity index is 1.77. The van der Waals surface area contributed by atoms with Gasteiger partial charge in [-0.15, -0.1) is 0 Å². The van der Waals surface area contributed by atoms with Crippen molar-refractivity contribution >= 4 is 5.82 Å². The van der Waals surface area contributed by atoms with Gasteiger partial charge in [0.05, 0.1) is 6.20 Å². The Morgan fingerprint density at radius 2 is 1.91 bits per heavy atom. The molecule has 0 radical (unpaired) electrons. The molecule has 0 aliphatic heterocycles. The standard InChI is InChI=1S/C16H13FN4O/c17-13-5-1-2-6-14(13)22-16-12(4-3-7-20-16)10-21-15-11-18-8-9-19-15/h1-9,11H,10H2,(H,19,21). The van der Waals surface area contributed by atoms with Crippen molar-refractivity contribution in [2.24, 2.45) is 0 Å². The van der Waals surface area contributed by atoms with Crippen LogP contribution in [-0.2, 0) is 6.54 Å². The second kappa shape index (κ2) is 6.62. The molecule has 6 heteroatoms. The van der Waals surface area contributed by atoms with Gasteiger partial charge in [-0.2, -0.15) is 0 Å². The lowest BCUT2D eigenvalue weighted by molar-refractivity contribution is 0.423. The van der Waals surface area contributed by atoms with E-state index in [1.165, 1.54) is 6.07 Å². The van der Waals surface area contributed by atoms with Gasteiger partial charge >= 0.3 is 0 Å². The molecule has 3 rings (SSSR count). The summed E-state index contributed by atoms with van der Waals surface area (Å²) in [6, 6.07) is 9.87. The number of nitrogens with one attached hydrogen (secondary N) is 1. The van der Waals surface area contributed by atoms with Crippen LogP contribution in [0, 0.1) is 5.82 Å². The predicted octanol–water partition coefficient (Wildman–Crippen LogP) is 3.42. The van der Waals surface area contributed by atoms with E-state index in [1.807, 2.05) is 6.07 Å². The molecule has 0 amide bonds. The van der Waals surface area contributed by atoms with Crippen molar-refractivity contribution in [1.82, 2.24) is 15.0 Å². The summed E-state index contributed by atoms with van der Waals surface area (Å²) in [6.45, 7) is 0.441. The highest BCUT2D eigenvalue weighted by molar-refractivity contribution is 5.37. The van der Waals surface area contributed by atoms with Crippen LogP contribution in [-0.4, -0.2) is 15.0 Å². The molecular weight excluding hydrogens is 283 g/mol. The van der Waals surface area contributed by atoms with E-state index < -0.39 is 5.82 Å². The summed E-state index contributed by atoms with van der Waals surface area (Å²) in [4.78, 5) is 12.3. The van der Waals surface area contributed by atoms with Crippen LogP contribution in [0.4, 0.5) is 10.2 Å². The molecule has 1 aromatic carbocycles. The smallest absolute Gasteiger partial charge is 0.224 e. The van der Waals surface area contributed by atoms with Crippen molar-refractivity contribution in [2.75, 3.05) is 5.32 Å². The molecule has 2 heterocycles. The molecule has 0 atom stereocenters. The highest BCUT2D eigenvalue weighted by atomic mass is 19.1. The number of rotatable bonds is 5. The lowest BCUT2D eigenvalue weighted by Crippen LogP contribution is -2.04. The molecule has 2 aromatic heterocycles. The van der Waals surface area contributed by atoms with Gasteiger partial charge in [-0.3, -0.25) is 4.98 Å². The molecule has 0 bridgehead atoms. The number of para-hydroxylation sites is 1. The van der Waals surface area contributed by atoms with E-state index >= 15 is 0 Å². The fourth-order valence-corrected chi connectivity index (χ4v) is 1.86. The number of hydrogen-bond donors (Lipinski definition) is 1. The Morgan fingerprint density at radius 3 is 2.73 bits per heavy atom. The first-order valence-electron chi connectivity index (χ1n) is 6.69. The van der Waals surface area contributed by atoms with E-state index in [4.69, 9.17) is 4.74 Å². The second-order valence-corrected chi connectivity index (χ2v) is 4.44. The van der Waals surface area contributed by atoms with E-state index in [9.17, 15) is 4.39 Å². The van der Waals surface area contributed by atoms with E-state index in [0.717, 1.165) is 5.56 Å². The number of benzene rings is 1. The average molecular weight is 296 g/mol. The van der Waals surface area contributed by atoms with Crippen molar-refractivity contribution in [2.45, 2.75) is 6.54 Å². The zero-order valence-corrected chi connectivity index (χ0v) is 11.6. The first-order valence-corrected chi connectivity index (χ1v) is 6.69. The maximum absolute atomic E-state index is 13.7. The summed E-state index contributed by atoms with van der Waals surface area (Å²) in [5.41, 5.74) is 0.788. The number of anilines is 1. The molecular formula is C16H13FN4O. The van der Waals surface area contributed by atoms with Crippen LogP contribution >= 0.6 is 0 Å². The van der Waals surface area contributed by atoms with Gasteiger partial charge in [0.15, 0.2) is 11.6 Å². The molecule has 5 nitrogen and oxygen atoms in total. The molecule has 110 valence electrons. The number of nitrogens with zero attached hydrogens (tertiary/aromatic N) is 3. The van der Waals surface area contributed by atoms with Crippen LogP contribution in [0.25, 0.3) is 0 Å². The van der Waals surface area contributed by atoms with E-state index in [2.05, 4.69) is 20.3 Å². The maximum atomic E-state index is 13.7. The highest BCUT2D eigenvalue weighted by Gasteiger charge is 2.09. The third kappa shape index (κ3) is 3.35. The number of pyridine rings is 1. The van der Waals surface area contributed by atoms with Gasteiger partial charge in [0.2, 0.25) is 5.88 Å². The normalized spacial score (nSPS) is 10.2. The lowest BCUT2D eigenvalue weighted by Gasteiger charge is -2.11. The Bertz CT molecular complexity index is 752. The molecule has 0 saturated carbocycles. The maximum Gasteiger partial charge on any atom is 0.224 e. The van der Waals surface area contributed by atoms with E-state index in [0.29, 0.717) is 18.2 Å². The molecule has 0 aliphatic carbocycles. The first-order chi connectivity index (χ1) is 10.8. The molecule has 22 heavy (non-hydrogen) atoms. The van der Waals surface area contributed by atoms with Gasteiger partial charge in [0.1, 0.15) is 5.82 Å². The molecule has 3 aromatic rings. The number of hydrogen-bond acceptors (Lipinski definition) is 5. The van der Waals surface area contributed by atoms with Gasteiger partial charge in [-0.25, -0.2) is 14.4 Å².